The number of anilines is 2. The maximum atomic E-state index is 6.12. The molecule has 0 fully saturated rings. The predicted molar refractivity (Wildman–Crippen MR) is 85.0 cm³/mol. The number of nitrogens with zero attached hydrogens (tertiary/aromatic N) is 1. The zero-order valence-electron chi connectivity index (χ0n) is 12.1. The van der Waals surface area contributed by atoms with Crippen LogP contribution in [-0.2, 0) is 6.42 Å². The second kappa shape index (κ2) is 5.16. The molecule has 0 saturated heterocycles. The smallest absolute Gasteiger partial charge is 0.133 e. The minimum Gasteiger partial charge on any atom is -0.383 e. The van der Waals surface area contributed by atoms with Gasteiger partial charge in [0.15, 0.2) is 0 Å². The van der Waals surface area contributed by atoms with Gasteiger partial charge < -0.3 is 11.1 Å². The molecule has 3 rings (SSSR count). The van der Waals surface area contributed by atoms with Gasteiger partial charge in [-0.15, -0.1) is 0 Å². The van der Waals surface area contributed by atoms with Crippen LogP contribution in [0.5, 0.6) is 0 Å². The van der Waals surface area contributed by atoms with E-state index >= 15 is 0 Å². The van der Waals surface area contributed by atoms with Crippen molar-refractivity contribution in [3.63, 3.8) is 0 Å². The number of pyridine rings is 1. The number of aryl methyl sites for hydroxylation is 1. The maximum absolute atomic E-state index is 6.12. The summed E-state index contributed by atoms with van der Waals surface area (Å²) in [6.45, 7) is 5.40. The van der Waals surface area contributed by atoms with Crippen molar-refractivity contribution >= 4 is 11.6 Å². The lowest BCUT2D eigenvalue weighted by Gasteiger charge is -2.19. The van der Waals surface area contributed by atoms with Gasteiger partial charge in [0.2, 0.25) is 0 Å². The van der Waals surface area contributed by atoms with Crippen molar-refractivity contribution in [3.8, 4) is 11.1 Å². The van der Waals surface area contributed by atoms with Crippen LogP contribution in [0.1, 0.15) is 37.3 Å². The molecule has 20 heavy (non-hydrogen) atoms. The summed E-state index contributed by atoms with van der Waals surface area (Å²) in [5, 5.41) is 3.32. The van der Waals surface area contributed by atoms with Crippen LogP contribution in [0.2, 0.25) is 0 Å². The lowest BCUT2D eigenvalue weighted by Crippen LogP contribution is -2.14. The standard InChI is InChI=1S/C17H21N3/c1-11(2)12-5-7-13(8-6-12)15-10-14-4-3-9-19-17(14)20-16(15)18/h5-8,10-11H,3-4,9H2,1-2H3,(H3,18,19,20). The molecule has 104 valence electrons. The number of hydrogen-bond acceptors (Lipinski definition) is 3. The fourth-order valence-electron chi connectivity index (χ4n) is 2.68. The lowest BCUT2D eigenvalue weighted by molar-refractivity contribution is 0.819. The van der Waals surface area contributed by atoms with E-state index in [0.29, 0.717) is 11.7 Å². The number of rotatable bonds is 2. The molecule has 1 aliphatic rings. The van der Waals surface area contributed by atoms with Gasteiger partial charge in [-0.25, -0.2) is 4.98 Å². The predicted octanol–water partition coefficient (Wildman–Crippen LogP) is 3.81. The van der Waals surface area contributed by atoms with Gasteiger partial charge in [-0.2, -0.15) is 0 Å². The number of hydrogen-bond donors (Lipinski definition) is 2. The molecule has 0 bridgehead atoms. The summed E-state index contributed by atoms with van der Waals surface area (Å²) < 4.78 is 0. The number of nitrogens with two attached hydrogens (primary N) is 1. The van der Waals surface area contributed by atoms with Gasteiger partial charge in [0.05, 0.1) is 0 Å². The number of nitrogens with one attached hydrogen (secondary N) is 1. The van der Waals surface area contributed by atoms with E-state index in [2.05, 4.69) is 54.5 Å². The first-order valence-electron chi connectivity index (χ1n) is 7.29. The van der Waals surface area contributed by atoms with Gasteiger partial charge in [0.1, 0.15) is 11.6 Å². The van der Waals surface area contributed by atoms with E-state index in [-0.39, 0.29) is 0 Å². The van der Waals surface area contributed by atoms with Crippen LogP contribution in [0, 0.1) is 0 Å². The van der Waals surface area contributed by atoms with E-state index in [9.17, 15) is 0 Å². The molecule has 1 aliphatic heterocycles. The van der Waals surface area contributed by atoms with Gasteiger partial charge in [0, 0.05) is 12.1 Å². The van der Waals surface area contributed by atoms with Crippen LogP contribution in [0.4, 0.5) is 11.6 Å². The average molecular weight is 267 g/mol. The van der Waals surface area contributed by atoms with Gasteiger partial charge in [0.25, 0.3) is 0 Å². The highest BCUT2D eigenvalue weighted by Gasteiger charge is 2.14. The molecule has 3 nitrogen and oxygen atoms in total. The highest BCUT2D eigenvalue weighted by atomic mass is 15.0. The van der Waals surface area contributed by atoms with Gasteiger partial charge in [-0.05, 0) is 41.5 Å². The SMILES string of the molecule is CC(C)c1ccc(-c2cc3c(nc2N)NCCC3)cc1. The minimum absolute atomic E-state index is 0.548. The Bertz CT molecular complexity index is 615. The molecule has 3 heteroatoms. The molecule has 0 saturated carbocycles. The third-order valence-corrected chi connectivity index (χ3v) is 3.93. The zero-order chi connectivity index (χ0) is 14.1. The fraction of sp³-hybridized carbons (Fsp3) is 0.353. The van der Waals surface area contributed by atoms with Crippen LogP contribution >= 0.6 is 0 Å². The summed E-state index contributed by atoms with van der Waals surface area (Å²) >= 11 is 0. The Hall–Kier alpha value is -2.03. The Labute approximate surface area is 120 Å². The van der Waals surface area contributed by atoms with Crippen molar-refractivity contribution in [1.82, 2.24) is 4.98 Å². The molecule has 0 aliphatic carbocycles. The summed E-state index contributed by atoms with van der Waals surface area (Å²) in [4.78, 5) is 4.51. The number of fused-ring (bicyclic) bond motifs is 1. The Kier molecular flexibility index (Phi) is 3.35. The molecule has 0 amide bonds. The monoisotopic (exact) mass is 267 g/mol. The van der Waals surface area contributed by atoms with Crippen molar-refractivity contribution < 1.29 is 0 Å². The molecular formula is C17H21N3. The van der Waals surface area contributed by atoms with Crippen molar-refractivity contribution in [3.05, 3.63) is 41.5 Å². The Balaban J connectivity index is 2.01. The Morgan fingerprint density at radius 1 is 1.20 bits per heavy atom. The Morgan fingerprint density at radius 3 is 2.65 bits per heavy atom. The van der Waals surface area contributed by atoms with Crippen molar-refractivity contribution in [1.29, 1.82) is 0 Å². The quantitative estimate of drug-likeness (QED) is 0.870. The van der Waals surface area contributed by atoms with E-state index in [1.54, 1.807) is 0 Å². The van der Waals surface area contributed by atoms with E-state index < -0.39 is 0 Å². The van der Waals surface area contributed by atoms with Crippen molar-refractivity contribution in [2.24, 2.45) is 0 Å². The second-order valence-corrected chi connectivity index (χ2v) is 5.74. The summed E-state index contributed by atoms with van der Waals surface area (Å²) in [5.41, 5.74) is 10.9. The third-order valence-electron chi connectivity index (χ3n) is 3.93. The van der Waals surface area contributed by atoms with E-state index in [0.717, 1.165) is 36.3 Å². The molecule has 2 heterocycles. The van der Waals surface area contributed by atoms with E-state index in [1.165, 1.54) is 11.1 Å². The number of benzene rings is 1. The highest BCUT2D eigenvalue weighted by molar-refractivity contribution is 5.77. The van der Waals surface area contributed by atoms with E-state index in [4.69, 9.17) is 5.73 Å². The van der Waals surface area contributed by atoms with Crippen LogP contribution < -0.4 is 11.1 Å². The van der Waals surface area contributed by atoms with Crippen LogP contribution in [0.25, 0.3) is 11.1 Å². The summed E-state index contributed by atoms with van der Waals surface area (Å²) in [5.74, 6) is 2.11. The number of nitrogen functional groups attached to an aromatic ring is 1. The summed E-state index contributed by atoms with van der Waals surface area (Å²) in [6, 6.07) is 10.8. The first-order chi connectivity index (χ1) is 9.65. The van der Waals surface area contributed by atoms with Gasteiger partial charge in [-0.3, -0.25) is 0 Å². The van der Waals surface area contributed by atoms with Gasteiger partial charge >= 0.3 is 0 Å². The highest BCUT2D eigenvalue weighted by Crippen LogP contribution is 2.31. The molecule has 0 spiro atoms. The van der Waals surface area contributed by atoms with Gasteiger partial charge in [-0.1, -0.05) is 38.1 Å². The topological polar surface area (TPSA) is 50.9 Å². The van der Waals surface area contributed by atoms with E-state index in [1.807, 2.05) is 0 Å². The third kappa shape index (κ3) is 2.36. The lowest BCUT2D eigenvalue weighted by atomic mass is 9.97. The zero-order valence-corrected chi connectivity index (χ0v) is 12.1. The largest absolute Gasteiger partial charge is 0.383 e. The number of aromatic nitrogens is 1. The molecule has 1 aromatic carbocycles. The molecule has 0 unspecified atom stereocenters. The first kappa shape index (κ1) is 13.0. The van der Waals surface area contributed by atoms with Crippen molar-refractivity contribution in [2.75, 3.05) is 17.6 Å². The normalized spacial score (nSPS) is 13.9. The Morgan fingerprint density at radius 2 is 1.95 bits per heavy atom. The summed E-state index contributed by atoms with van der Waals surface area (Å²) in [6.07, 6.45) is 2.23. The molecule has 2 aromatic rings. The maximum Gasteiger partial charge on any atom is 0.133 e. The van der Waals surface area contributed by atoms with Crippen molar-refractivity contribution in [2.45, 2.75) is 32.6 Å². The molecule has 0 radical (unpaired) electrons. The first-order valence-corrected chi connectivity index (χ1v) is 7.29. The van der Waals surface area contributed by atoms with Crippen LogP contribution in [-0.4, -0.2) is 11.5 Å². The minimum atomic E-state index is 0.548. The summed E-state index contributed by atoms with van der Waals surface area (Å²) in [7, 11) is 0. The average Bonchev–Trinajstić information content (AvgIpc) is 2.46. The molecular weight excluding hydrogens is 246 g/mol. The van der Waals surface area contributed by atoms with Crippen LogP contribution in [0.15, 0.2) is 30.3 Å². The second-order valence-electron chi connectivity index (χ2n) is 5.74. The fourth-order valence-corrected chi connectivity index (χ4v) is 2.68. The molecule has 0 atom stereocenters. The molecule has 1 aromatic heterocycles. The van der Waals surface area contributed by atoms with Crippen LogP contribution in [0.3, 0.4) is 0 Å². The molecule has 3 N–H and O–H groups in total.